The summed E-state index contributed by atoms with van der Waals surface area (Å²) in [6.07, 6.45) is 1.46. The highest BCUT2D eigenvalue weighted by Gasteiger charge is 2.17. The van der Waals surface area contributed by atoms with E-state index in [9.17, 15) is 5.11 Å². The summed E-state index contributed by atoms with van der Waals surface area (Å²) < 4.78 is 5.48. The monoisotopic (exact) mass is 260 g/mol. The van der Waals surface area contributed by atoms with Gasteiger partial charge in [-0.3, -0.25) is 0 Å². The number of aryl methyl sites for hydroxylation is 1. The van der Waals surface area contributed by atoms with Crippen LogP contribution in [-0.2, 0) is 12.8 Å². The van der Waals surface area contributed by atoms with Crippen molar-refractivity contribution in [3.8, 4) is 5.75 Å². The van der Waals surface area contributed by atoms with Gasteiger partial charge in [0.05, 0.1) is 6.61 Å². The molecule has 1 aliphatic heterocycles. The van der Waals surface area contributed by atoms with E-state index in [1.807, 2.05) is 18.2 Å². The second-order valence-electron chi connectivity index (χ2n) is 4.53. The quantitative estimate of drug-likeness (QED) is 0.917. The van der Waals surface area contributed by atoms with Gasteiger partial charge in [-0.15, -0.1) is 11.3 Å². The first-order valence-electron chi connectivity index (χ1n) is 6.30. The SMILES string of the molecule is CCc1ccc(C(O)c2ccc3c(c2)CCO3)s1. The molecular formula is C15H16O2S. The summed E-state index contributed by atoms with van der Waals surface area (Å²) in [7, 11) is 0. The molecule has 3 heteroatoms. The van der Waals surface area contributed by atoms with E-state index in [0.29, 0.717) is 0 Å². The van der Waals surface area contributed by atoms with Gasteiger partial charge in [0, 0.05) is 16.2 Å². The zero-order chi connectivity index (χ0) is 12.5. The van der Waals surface area contributed by atoms with E-state index in [1.165, 1.54) is 10.4 Å². The number of benzene rings is 1. The summed E-state index contributed by atoms with van der Waals surface area (Å²) in [5.74, 6) is 0.964. The van der Waals surface area contributed by atoms with Gasteiger partial charge in [-0.05, 0) is 41.8 Å². The topological polar surface area (TPSA) is 29.5 Å². The van der Waals surface area contributed by atoms with Crippen molar-refractivity contribution in [2.24, 2.45) is 0 Å². The van der Waals surface area contributed by atoms with Gasteiger partial charge in [0.25, 0.3) is 0 Å². The molecule has 18 heavy (non-hydrogen) atoms. The van der Waals surface area contributed by atoms with E-state index in [-0.39, 0.29) is 0 Å². The molecule has 0 saturated carbocycles. The highest BCUT2D eigenvalue weighted by Crippen LogP contribution is 2.33. The maximum atomic E-state index is 10.4. The summed E-state index contributed by atoms with van der Waals surface area (Å²) in [5.41, 5.74) is 2.17. The number of ether oxygens (including phenoxy) is 1. The average molecular weight is 260 g/mol. The predicted molar refractivity (Wildman–Crippen MR) is 73.4 cm³/mol. The van der Waals surface area contributed by atoms with Gasteiger partial charge < -0.3 is 9.84 Å². The number of fused-ring (bicyclic) bond motifs is 1. The molecule has 0 amide bonds. The van der Waals surface area contributed by atoms with Gasteiger partial charge in [0.1, 0.15) is 11.9 Å². The Morgan fingerprint density at radius 2 is 2.22 bits per heavy atom. The molecule has 2 aromatic rings. The Balaban J connectivity index is 1.89. The van der Waals surface area contributed by atoms with Gasteiger partial charge in [-0.1, -0.05) is 13.0 Å². The fourth-order valence-corrected chi connectivity index (χ4v) is 3.24. The van der Waals surface area contributed by atoms with Crippen LogP contribution in [0.5, 0.6) is 5.75 Å². The Labute approximate surface area is 111 Å². The van der Waals surface area contributed by atoms with Crippen LogP contribution in [0.25, 0.3) is 0 Å². The van der Waals surface area contributed by atoms with Crippen LogP contribution < -0.4 is 4.74 Å². The zero-order valence-electron chi connectivity index (χ0n) is 10.3. The van der Waals surface area contributed by atoms with Crippen LogP contribution in [0.3, 0.4) is 0 Å². The Hall–Kier alpha value is -1.32. The second kappa shape index (κ2) is 4.75. The Morgan fingerprint density at radius 3 is 3.00 bits per heavy atom. The van der Waals surface area contributed by atoms with Crippen LogP contribution in [-0.4, -0.2) is 11.7 Å². The number of hydrogen-bond donors (Lipinski definition) is 1. The molecule has 0 bridgehead atoms. The first-order chi connectivity index (χ1) is 8.78. The van der Waals surface area contributed by atoms with Crippen molar-refractivity contribution < 1.29 is 9.84 Å². The fourth-order valence-electron chi connectivity index (χ4n) is 2.27. The number of aliphatic hydroxyl groups excluding tert-OH is 1. The third-order valence-electron chi connectivity index (χ3n) is 3.33. The standard InChI is InChI=1S/C15H16O2S/c1-2-12-4-6-14(18-12)15(16)11-3-5-13-10(9-11)7-8-17-13/h3-6,9,15-16H,2,7-8H2,1H3. The molecule has 1 atom stereocenters. The molecule has 0 radical (unpaired) electrons. The first-order valence-corrected chi connectivity index (χ1v) is 7.12. The summed E-state index contributed by atoms with van der Waals surface area (Å²) in [6, 6.07) is 10.1. The van der Waals surface area contributed by atoms with E-state index in [1.54, 1.807) is 11.3 Å². The molecule has 2 heterocycles. The maximum absolute atomic E-state index is 10.4. The molecule has 1 N–H and O–H groups in total. The molecule has 0 fully saturated rings. The van der Waals surface area contributed by atoms with Gasteiger partial charge in [0.15, 0.2) is 0 Å². The maximum Gasteiger partial charge on any atom is 0.122 e. The lowest BCUT2D eigenvalue weighted by molar-refractivity contribution is 0.224. The largest absolute Gasteiger partial charge is 0.493 e. The highest BCUT2D eigenvalue weighted by molar-refractivity contribution is 7.12. The van der Waals surface area contributed by atoms with Crippen molar-refractivity contribution in [3.63, 3.8) is 0 Å². The minimum atomic E-state index is -0.513. The smallest absolute Gasteiger partial charge is 0.122 e. The lowest BCUT2D eigenvalue weighted by Gasteiger charge is -2.10. The van der Waals surface area contributed by atoms with Crippen LogP contribution in [0.4, 0.5) is 0 Å². The van der Waals surface area contributed by atoms with E-state index in [4.69, 9.17) is 4.74 Å². The molecular weight excluding hydrogens is 244 g/mol. The van der Waals surface area contributed by atoms with Gasteiger partial charge >= 0.3 is 0 Å². The van der Waals surface area contributed by atoms with Crippen molar-refractivity contribution in [1.82, 2.24) is 0 Å². The molecule has 0 saturated heterocycles. The van der Waals surface area contributed by atoms with Crippen molar-refractivity contribution in [1.29, 1.82) is 0 Å². The Kier molecular flexibility index (Phi) is 3.10. The molecule has 3 rings (SSSR count). The summed E-state index contributed by atoms with van der Waals surface area (Å²) >= 11 is 1.69. The molecule has 1 aliphatic rings. The number of thiophene rings is 1. The van der Waals surface area contributed by atoms with Crippen molar-refractivity contribution in [3.05, 3.63) is 51.2 Å². The van der Waals surface area contributed by atoms with E-state index >= 15 is 0 Å². The highest BCUT2D eigenvalue weighted by atomic mass is 32.1. The third kappa shape index (κ3) is 2.04. The van der Waals surface area contributed by atoms with Gasteiger partial charge in [-0.2, -0.15) is 0 Å². The van der Waals surface area contributed by atoms with Crippen LogP contribution >= 0.6 is 11.3 Å². The molecule has 0 spiro atoms. The normalized spacial score (nSPS) is 15.2. The van der Waals surface area contributed by atoms with Crippen LogP contribution in [0.15, 0.2) is 30.3 Å². The van der Waals surface area contributed by atoms with Crippen LogP contribution in [0.1, 0.15) is 33.9 Å². The van der Waals surface area contributed by atoms with Crippen LogP contribution in [0.2, 0.25) is 0 Å². The second-order valence-corrected chi connectivity index (χ2v) is 5.73. The van der Waals surface area contributed by atoms with Crippen molar-refractivity contribution in [2.75, 3.05) is 6.61 Å². The molecule has 94 valence electrons. The van der Waals surface area contributed by atoms with Crippen LogP contribution in [0, 0.1) is 0 Å². The number of rotatable bonds is 3. The molecule has 2 nitrogen and oxygen atoms in total. The summed E-state index contributed by atoms with van der Waals surface area (Å²) in [6.45, 7) is 2.89. The van der Waals surface area contributed by atoms with E-state index in [0.717, 1.165) is 35.6 Å². The van der Waals surface area contributed by atoms with Crippen molar-refractivity contribution in [2.45, 2.75) is 25.9 Å². The third-order valence-corrected chi connectivity index (χ3v) is 4.61. The lowest BCUT2D eigenvalue weighted by Crippen LogP contribution is -1.97. The van der Waals surface area contributed by atoms with E-state index < -0.39 is 6.10 Å². The lowest BCUT2D eigenvalue weighted by atomic mass is 10.0. The molecule has 1 aromatic heterocycles. The molecule has 1 aromatic carbocycles. The van der Waals surface area contributed by atoms with Gasteiger partial charge in [0.2, 0.25) is 0 Å². The Bertz CT molecular complexity index is 559. The number of hydrogen-bond acceptors (Lipinski definition) is 3. The van der Waals surface area contributed by atoms with Crippen molar-refractivity contribution >= 4 is 11.3 Å². The molecule has 1 unspecified atom stereocenters. The number of aliphatic hydroxyl groups is 1. The van der Waals surface area contributed by atoms with Gasteiger partial charge in [-0.25, -0.2) is 0 Å². The average Bonchev–Trinajstić information content (AvgIpc) is 3.05. The minimum Gasteiger partial charge on any atom is -0.493 e. The first kappa shape index (κ1) is 11.8. The Morgan fingerprint density at radius 1 is 1.33 bits per heavy atom. The predicted octanol–water partition coefficient (Wildman–Crippen LogP) is 3.33. The van der Waals surface area contributed by atoms with E-state index in [2.05, 4.69) is 19.1 Å². The summed E-state index contributed by atoms with van der Waals surface area (Å²) in [4.78, 5) is 2.33. The summed E-state index contributed by atoms with van der Waals surface area (Å²) in [5, 5.41) is 10.4. The zero-order valence-corrected chi connectivity index (χ0v) is 11.2. The minimum absolute atomic E-state index is 0.513. The fraction of sp³-hybridized carbons (Fsp3) is 0.333. The molecule has 0 aliphatic carbocycles.